The fourth-order valence-electron chi connectivity index (χ4n) is 2.15. The van der Waals surface area contributed by atoms with Crippen LogP contribution >= 0.6 is 0 Å². The van der Waals surface area contributed by atoms with Crippen LogP contribution in [0.25, 0.3) is 0 Å². The second kappa shape index (κ2) is 6.33. The number of carbonyl (C=O) groups is 2. The number of fused-ring (bicyclic) bond motifs is 1. The molecule has 19 heavy (non-hydrogen) atoms. The smallest absolute Gasteiger partial charge is 0.303 e. The molecular formula is C14H18N2O3. The minimum atomic E-state index is -0.740. The number of benzene rings is 1. The van der Waals surface area contributed by atoms with Crippen molar-refractivity contribution in [3.05, 3.63) is 29.3 Å². The highest BCUT2D eigenvalue weighted by Crippen LogP contribution is 2.23. The first kappa shape index (κ1) is 13.5. The number of unbranched alkanes of at least 4 members (excludes halogenated alkanes) is 1. The van der Waals surface area contributed by atoms with Crippen molar-refractivity contribution >= 4 is 17.6 Å². The Morgan fingerprint density at radius 1 is 1.37 bits per heavy atom. The number of amides is 1. The lowest BCUT2D eigenvalue weighted by Crippen LogP contribution is -2.15. The number of carboxylic acid groups (broad SMARTS) is 1. The maximum absolute atomic E-state index is 11.2. The summed E-state index contributed by atoms with van der Waals surface area (Å²) in [6, 6.07) is 5.97. The van der Waals surface area contributed by atoms with Crippen LogP contribution in [0.2, 0.25) is 0 Å². The maximum atomic E-state index is 11.2. The summed E-state index contributed by atoms with van der Waals surface area (Å²) in [5.74, 6) is -0.690. The Morgan fingerprint density at radius 2 is 2.21 bits per heavy atom. The standard InChI is InChI=1S/C14H18N2O3/c17-13-8-11-7-10(4-5-12(11)16-13)9-15-6-2-1-3-14(18)19/h4-5,7,15H,1-3,6,8-9H2,(H,16,17)(H,18,19). The molecule has 0 aromatic heterocycles. The van der Waals surface area contributed by atoms with Gasteiger partial charge in [-0.1, -0.05) is 12.1 Å². The first-order valence-electron chi connectivity index (χ1n) is 6.49. The molecule has 0 fully saturated rings. The van der Waals surface area contributed by atoms with E-state index in [4.69, 9.17) is 5.11 Å². The summed E-state index contributed by atoms with van der Waals surface area (Å²) in [5.41, 5.74) is 3.11. The van der Waals surface area contributed by atoms with Gasteiger partial charge in [-0.15, -0.1) is 0 Å². The Kier molecular flexibility index (Phi) is 4.52. The highest BCUT2D eigenvalue weighted by Gasteiger charge is 2.16. The molecule has 0 radical (unpaired) electrons. The lowest BCUT2D eigenvalue weighted by Gasteiger charge is -2.06. The predicted octanol–water partition coefficient (Wildman–Crippen LogP) is 1.53. The van der Waals surface area contributed by atoms with E-state index in [1.165, 1.54) is 0 Å². The molecule has 0 unspecified atom stereocenters. The first-order valence-corrected chi connectivity index (χ1v) is 6.49. The van der Waals surface area contributed by atoms with Crippen molar-refractivity contribution in [1.82, 2.24) is 5.32 Å². The molecule has 1 amide bonds. The van der Waals surface area contributed by atoms with Gasteiger partial charge < -0.3 is 15.7 Å². The molecule has 3 N–H and O–H groups in total. The monoisotopic (exact) mass is 262 g/mol. The topological polar surface area (TPSA) is 78.4 Å². The van der Waals surface area contributed by atoms with Gasteiger partial charge >= 0.3 is 5.97 Å². The Balaban J connectivity index is 1.71. The van der Waals surface area contributed by atoms with Crippen molar-refractivity contribution in [2.75, 3.05) is 11.9 Å². The number of rotatable bonds is 7. The molecule has 0 atom stereocenters. The summed E-state index contributed by atoms with van der Waals surface area (Å²) in [4.78, 5) is 21.6. The Morgan fingerprint density at radius 3 is 3.00 bits per heavy atom. The van der Waals surface area contributed by atoms with Gasteiger partial charge in [-0.05, 0) is 36.6 Å². The van der Waals surface area contributed by atoms with Crippen LogP contribution in [0.3, 0.4) is 0 Å². The molecule has 102 valence electrons. The van der Waals surface area contributed by atoms with Crippen LogP contribution in [-0.4, -0.2) is 23.5 Å². The average Bonchev–Trinajstić information content (AvgIpc) is 2.72. The highest BCUT2D eigenvalue weighted by molar-refractivity contribution is 5.99. The van der Waals surface area contributed by atoms with Gasteiger partial charge in [0, 0.05) is 18.7 Å². The molecular weight excluding hydrogens is 244 g/mol. The van der Waals surface area contributed by atoms with E-state index in [0.29, 0.717) is 12.8 Å². The second-order valence-corrected chi connectivity index (χ2v) is 4.74. The summed E-state index contributed by atoms with van der Waals surface area (Å²) < 4.78 is 0. The summed E-state index contributed by atoms with van der Waals surface area (Å²) in [7, 11) is 0. The summed E-state index contributed by atoms with van der Waals surface area (Å²) in [6.07, 6.45) is 2.25. The Labute approximate surface area is 112 Å². The van der Waals surface area contributed by atoms with Crippen molar-refractivity contribution in [3.63, 3.8) is 0 Å². The number of nitrogens with one attached hydrogen (secondary N) is 2. The quantitative estimate of drug-likeness (QED) is 0.651. The SMILES string of the molecule is O=C(O)CCCCNCc1ccc2c(c1)CC(=O)N2. The first-order chi connectivity index (χ1) is 9.15. The molecule has 1 aliphatic rings. The van der Waals surface area contributed by atoms with Crippen LogP contribution in [0, 0.1) is 0 Å². The van der Waals surface area contributed by atoms with Crippen LogP contribution in [-0.2, 0) is 22.6 Å². The van der Waals surface area contributed by atoms with E-state index in [1.54, 1.807) is 0 Å². The third-order valence-corrected chi connectivity index (χ3v) is 3.12. The van der Waals surface area contributed by atoms with Gasteiger partial charge in [-0.2, -0.15) is 0 Å². The number of aliphatic carboxylic acids is 1. The lowest BCUT2D eigenvalue weighted by molar-refractivity contribution is -0.137. The van der Waals surface area contributed by atoms with Crippen LogP contribution in [0.15, 0.2) is 18.2 Å². The number of hydrogen-bond acceptors (Lipinski definition) is 3. The van der Waals surface area contributed by atoms with Crippen molar-refractivity contribution in [3.8, 4) is 0 Å². The zero-order valence-electron chi connectivity index (χ0n) is 10.7. The van der Waals surface area contributed by atoms with Gasteiger partial charge in [0.15, 0.2) is 0 Å². The number of carboxylic acids is 1. The van der Waals surface area contributed by atoms with E-state index in [9.17, 15) is 9.59 Å². The lowest BCUT2D eigenvalue weighted by atomic mass is 10.1. The molecule has 5 nitrogen and oxygen atoms in total. The molecule has 1 heterocycles. The molecule has 0 spiro atoms. The second-order valence-electron chi connectivity index (χ2n) is 4.74. The largest absolute Gasteiger partial charge is 0.481 e. The average molecular weight is 262 g/mol. The summed E-state index contributed by atoms with van der Waals surface area (Å²) in [5, 5.41) is 14.6. The van der Waals surface area contributed by atoms with Gasteiger partial charge in [0.05, 0.1) is 6.42 Å². The molecule has 1 aliphatic heterocycles. The van der Waals surface area contributed by atoms with Gasteiger partial charge in [-0.25, -0.2) is 0 Å². The van der Waals surface area contributed by atoms with Gasteiger partial charge in [-0.3, -0.25) is 9.59 Å². The van der Waals surface area contributed by atoms with Gasteiger partial charge in [0.2, 0.25) is 5.91 Å². The third kappa shape index (κ3) is 4.06. The fraction of sp³-hybridized carbons (Fsp3) is 0.429. The van der Waals surface area contributed by atoms with Crippen LogP contribution in [0.1, 0.15) is 30.4 Å². The number of hydrogen-bond donors (Lipinski definition) is 3. The highest BCUT2D eigenvalue weighted by atomic mass is 16.4. The normalized spacial score (nSPS) is 13.2. The molecule has 0 bridgehead atoms. The zero-order chi connectivity index (χ0) is 13.7. The molecule has 0 saturated carbocycles. The third-order valence-electron chi connectivity index (χ3n) is 3.12. The van der Waals surface area contributed by atoms with Crippen molar-refractivity contribution in [1.29, 1.82) is 0 Å². The van der Waals surface area contributed by atoms with E-state index >= 15 is 0 Å². The zero-order valence-corrected chi connectivity index (χ0v) is 10.7. The van der Waals surface area contributed by atoms with Crippen LogP contribution in [0.4, 0.5) is 5.69 Å². The minimum absolute atomic E-state index is 0.0498. The Bertz CT molecular complexity index is 486. The molecule has 0 saturated heterocycles. The van der Waals surface area contributed by atoms with E-state index in [1.807, 2.05) is 18.2 Å². The molecule has 1 aromatic carbocycles. The Hall–Kier alpha value is -1.88. The van der Waals surface area contributed by atoms with E-state index in [0.717, 1.165) is 36.3 Å². The number of anilines is 1. The van der Waals surface area contributed by atoms with Crippen molar-refractivity contribution in [2.24, 2.45) is 0 Å². The fourth-order valence-corrected chi connectivity index (χ4v) is 2.15. The van der Waals surface area contributed by atoms with Gasteiger partial charge in [0.1, 0.15) is 0 Å². The van der Waals surface area contributed by atoms with E-state index in [-0.39, 0.29) is 12.3 Å². The van der Waals surface area contributed by atoms with E-state index in [2.05, 4.69) is 10.6 Å². The summed E-state index contributed by atoms with van der Waals surface area (Å²) in [6.45, 7) is 1.55. The van der Waals surface area contributed by atoms with E-state index < -0.39 is 5.97 Å². The minimum Gasteiger partial charge on any atom is -0.481 e. The van der Waals surface area contributed by atoms with Crippen molar-refractivity contribution < 1.29 is 14.7 Å². The molecule has 1 aromatic rings. The molecule has 2 rings (SSSR count). The molecule has 5 heteroatoms. The summed E-state index contributed by atoms with van der Waals surface area (Å²) >= 11 is 0. The molecule has 0 aliphatic carbocycles. The van der Waals surface area contributed by atoms with Crippen LogP contribution < -0.4 is 10.6 Å². The number of carbonyl (C=O) groups excluding carboxylic acids is 1. The predicted molar refractivity (Wildman–Crippen MR) is 72.0 cm³/mol. The maximum Gasteiger partial charge on any atom is 0.303 e. The van der Waals surface area contributed by atoms with Gasteiger partial charge in [0.25, 0.3) is 0 Å². The van der Waals surface area contributed by atoms with Crippen LogP contribution in [0.5, 0.6) is 0 Å². The van der Waals surface area contributed by atoms with Crippen molar-refractivity contribution in [2.45, 2.75) is 32.2 Å².